The number of hydrogen-bond acceptors (Lipinski definition) is 3. The summed E-state index contributed by atoms with van der Waals surface area (Å²) in [6.07, 6.45) is 4.34. The zero-order valence-corrected chi connectivity index (χ0v) is 11.1. The summed E-state index contributed by atoms with van der Waals surface area (Å²) in [6, 6.07) is 3.75. The van der Waals surface area contributed by atoms with Crippen molar-refractivity contribution in [3.63, 3.8) is 0 Å². The topological polar surface area (TPSA) is 58.2 Å². The largest absolute Gasteiger partial charge is 0.379 e. The Labute approximate surface area is 111 Å². The van der Waals surface area contributed by atoms with Gasteiger partial charge in [0, 0.05) is 37.0 Å². The van der Waals surface area contributed by atoms with Crippen LogP contribution in [0, 0.1) is 0 Å². The number of aromatic amines is 1. The van der Waals surface area contributed by atoms with Crippen molar-refractivity contribution in [1.29, 1.82) is 0 Å². The molecule has 0 bridgehead atoms. The van der Waals surface area contributed by atoms with Crippen molar-refractivity contribution < 1.29 is 9.53 Å². The van der Waals surface area contributed by atoms with E-state index >= 15 is 0 Å². The van der Waals surface area contributed by atoms with E-state index in [4.69, 9.17) is 4.74 Å². The van der Waals surface area contributed by atoms with Crippen LogP contribution in [0.4, 0.5) is 0 Å². The number of fused-ring (bicyclic) bond motifs is 1. The Morgan fingerprint density at radius 2 is 2.37 bits per heavy atom. The van der Waals surface area contributed by atoms with Crippen molar-refractivity contribution in [2.24, 2.45) is 0 Å². The van der Waals surface area contributed by atoms with E-state index in [1.165, 1.54) is 0 Å². The molecule has 1 atom stereocenters. The molecule has 1 saturated heterocycles. The van der Waals surface area contributed by atoms with Crippen LogP contribution in [0.15, 0.2) is 24.5 Å². The highest BCUT2D eigenvalue weighted by molar-refractivity contribution is 6.04. The average Bonchev–Trinajstić information content (AvgIpc) is 3.05. The van der Waals surface area contributed by atoms with Gasteiger partial charge in [0.2, 0.25) is 0 Å². The summed E-state index contributed by atoms with van der Waals surface area (Å²) in [5.74, 6) is -0.0572. The van der Waals surface area contributed by atoms with E-state index in [1.807, 2.05) is 25.4 Å². The van der Waals surface area contributed by atoms with E-state index in [0.29, 0.717) is 18.9 Å². The number of H-pyrrole nitrogens is 1. The quantitative estimate of drug-likeness (QED) is 0.895. The molecule has 1 amide bonds. The molecule has 100 valence electrons. The Balaban J connectivity index is 1.97. The molecule has 5 nitrogen and oxygen atoms in total. The SMILES string of the molecule is CN(C(=O)c1nccc2[nH]ccc12)C1(C)CCOC1. The van der Waals surface area contributed by atoms with Gasteiger partial charge in [-0.25, -0.2) is 0 Å². The first-order valence-electron chi connectivity index (χ1n) is 6.40. The third kappa shape index (κ3) is 1.90. The Bertz CT molecular complexity index is 614. The number of nitrogens with one attached hydrogen (secondary N) is 1. The Kier molecular flexibility index (Phi) is 2.78. The van der Waals surface area contributed by atoms with E-state index in [2.05, 4.69) is 16.9 Å². The minimum atomic E-state index is -0.239. The molecular formula is C14H17N3O2. The van der Waals surface area contributed by atoms with Crippen LogP contribution in [-0.4, -0.2) is 46.6 Å². The molecule has 1 fully saturated rings. The maximum atomic E-state index is 12.6. The molecule has 19 heavy (non-hydrogen) atoms. The third-order valence-electron chi connectivity index (χ3n) is 3.99. The van der Waals surface area contributed by atoms with Gasteiger partial charge in [-0.15, -0.1) is 0 Å². The van der Waals surface area contributed by atoms with Gasteiger partial charge >= 0.3 is 0 Å². The first kappa shape index (κ1) is 12.2. The highest BCUT2D eigenvalue weighted by Crippen LogP contribution is 2.27. The van der Waals surface area contributed by atoms with E-state index in [-0.39, 0.29) is 11.4 Å². The van der Waals surface area contributed by atoms with Crippen LogP contribution in [0.2, 0.25) is 0 Å². The molecule has 2 aromatic rings. The second kappa shape index (κ2) is 4.35. The molecule has 1 aliphatic rings. The first-order valence-corrected chi connectivity index (χ1v) is 6.40. The van der Waals surface area contributed by atoms with Gasteiger partial charge in [0.25, 0.3) is 5.91 Å². The molecule has 1 N–H and O–H groups in total. The fourth-order valence-electron chi connectivity index (χ4n) is 2.48. The molecule has 3 rings (SSSR count). The Morgan fingerprint density at radius 3 is 3.11 bits per heavy atom. The third-order valence-corrected chi connectivity index (χ3v) is 3.99. The number of amides is 1. The molecule has 0 aliphatic carbocycles. The molecule has 1 unspecified atom stereocenters. The van der Waals surface area contributed by atoms with Crippen molar-refractivity contribution in [2.45, 2.75) is 18.9 Å². The molecule has 0 saturated carbocycles. The standard InChI is InChI=1S/C14H17N3O2/c1-14(5-8-19-9-14)17(2)13(18)12-10-3-6-15-11(10)4-7-16-12/h3-4,6-7,15H,5,8-9H2,1-2H3. The van der Waals surface area contributed by atoms with Crippen LogP contribution in [0.3, 0.4) is 0 Å². The minimum absolute atomic E-state index is 0.0572. The van der Waals surface area contributed by atoms with E-state index in [0.717, 1.165) is 17.3 Å². The van der Waals surface area contributed by atoms with Gasteiger partial charge in [-0.2, -0.15) is 0 Å². The molecule has 0 aromatic carbocycles. The highest BCUT2D eigenvalue weighted by atomic mass is 16.5. The zero-order chi connectivity index (χ0) is 13.5. The lowest BCUT2D eigenvalue weighted by atomic mass is 9.99. The van der Waals surface area contributed by atoms with Gasteiger partial charge in [0.05, 0.1) is 12.1 Å². The van der Waals surface area contributed by atoms with Crippen molar-refractivity contribution in [3.8, 4) is 0 Å². The fourth-order valence-corrected chi connectivity index (χ4v) is 2.48. The average molecular weight is 259 g/mol. The van der Waals surface area contributed by atoms with Gasteiger partial charge in [-0.1, -0.05) is 0 Å². The first-order chi connectivity index (χ1) is 9.12. The van der Waals surface area contributed by atoms with Gasteiger partial charge < -0.3 is 14.6 Å². The second-order valence-corrected chi connectivity index (χ2v) is 5.26. The van der Waals surface area contributed by atoms with Crippen LogP contribution in [0.25, 0.3) is 10.9 Å². The van der Waals surface area contributed by atoms with Crippen molar-refractivity contribution in [2.75, 3.05) is 20.3 Å². The summed E-state index contributed by atoms with van der Waals surface area (Å²) in [7, 11) is 1.82. The van der Waals surface area contributed by atoms with Crippen LogP contribution >= 0.6 is 0 Å². The number of rotatable bonds is 2. The summed E-state index contributed by atoms with van der Waals surface area (Å²) < 4.78 is 5.42. The predicted molar refractivity (Wildman–Crippen MR) is 72.0 cm³/mol. The molecule has 1 aliphatic heterocycles. The number of pyridine rings is 1. The number of nitrogens with zero attached hydrogens (tertiary/aromatic N) is 2. The van der Waals surface area contributed by atoms with Gasteiger partial charge in [-0.05, 0) is 25.5 Å². The minimum Gasteiger partial charge on any atom is -0.379 e. The highest BCUT2D eigenvalue weighted by Gasteiger charge is 2.37. The number of aromatic nitrogens is 2. The number of ether oxygens (including phenoxy) is 1. The summed E-state index contributed by atoms with van der Waals surface area (Å²) >= 11 is 0. The summed E-state index contributed by atoms with van der Waals surface area (Å²) in [5.41, 5.74) is 1.19. The zero-order valence-electron chi connectivity index (χ0n) is 11.1. The normalized spacial score (nSPS) is 22.8. The van der Waals surface area contributed by atoms with Crippen molar-refractivity contribution >= 4 is 16.8 Å². The number of hydrogen-bond donors (Lipinski definition) is 1. The van der Waals surface area contributed by atoms with Crippen molar-refractivity contribution in [1.82, 2.24) is 14.9 Å². The van der Waals surface area contributed by atoms with Crippen LogP contribution < -0.4 is 0 Å². The number of carbonyl (C=O) groups excluding carboxylic acids is 1. The molecular weight excluding hydrogens is 242 g/mol. The molecule has 5 heteroatoms. The lowest BCUT2D eigenvalue weighted by Crippen LogP contribution is -2.48. The molecule has 2 aromatic heterocycles. The fraction of sp³-hybridized carbons (Fsp3) is 0.429. The Hall–Kier alpha value is -1.88. The van der Waals surface area contributed by atoms with Crippen LogP contribution in [-0.2, 0) is 4.74 Å². The number of carbonyl (C=O) groups is 1. The monoisotopic (exact) mass is 259 g/mol. The van der Waals surface area contributed by atoms with E-state index < -0.39 is 0 Å². The maximum absolute atomic E-state index is 12.6. The number of likely N-dealkylation sites (N-methyl/N-ethyl adjacent to an activating group) is 1. The lowest BCUT2D eigenvalue weighted by molar-refractivity contribution is 0.0548. The van der Waals surface area contributed by atoms with Crippen LogP contribution in [0.5, 0.6) is 0 Å². The van der Waals surface area contributed by atoms with Crippen LogP contribution in [0.1, 0.15) is 23.8 Å². The van der Waals surface area contributed by atoms with Gasteiger partial charge in [0.15, 0.2) is 0 Å². The molecule has 0 spiro atoms. The Morgan fingerprint density at radius 1 is 1.53 bits per heavy atom. The van der Waals surface area contributed by atoms with Crippen molar-refractivity contribution in [3.05, 3.63) is 30.2 Å². The maximum Gasteiger partial charge on any atom is 0.273 e. The summed E-state index contributed by atoms with van der Waals surface area (Å²) in [4.78, 5) is 21.7. The summed E-state index contributed by atoms with van der Waals surface area (Å²) in [6.45, 7) is 3.34. The van der Waals surface area contributed by atoms with E-state index in [9.17, 15) is 4.79 Å². The predicted octanol–water partition coefficient (Wildman–Crippen LogP) is 1.81. The second-order valence-electron chi connectivity index (χ2n) is 5.26. The summed E-state index contributed by atoms with van der Waals surface area (Å²) in [5, 5.41) is 0.863. The van der Waals surface area contributed by atoms with Gasteiger partial charge in [-0.3, -0.25) is 9.78 Å². The smallest absolute Gasteiger partial charge is 0.273 e. The van der Waals surface area contributed by atoms with Gasteiger partial charge in [0.1, 0.15) is 5.69 Å². The molecule has 3 heterocycles. The van der Waals surface area contributed by atoms with E-state index in [1.54, 1.807) is 11.1 Å². The molecule has 0 radical (unpaired) electrons. The lowest BCUT2D eigenvalue weighted by Gasteiger charge is -2.33.